The zero-order valence-corrected chi connectivity index (χ0v) is 9.49. The van der Waals surface area contributed by atoms with Gasteiger partial charge in [0.2, 0.25) is 0 Å². The number of hydrogen-bond acceptors (Lipinski definition) is 4. The number of rotatable bonds is 5. The topological polar surface area (TPSA) is 88.3 Å². The number of carbonyl (C=O) groups is 2. The van der Waals surface area contributed by atoms with Crippen LogP contribution in [0, 0.1) is 0 Å². The second kappa shape index (κ2) is 6.47. The summed E-state index contributed by atoms with van der Waals surface area (Å²) >= 11 is 0. The van der Waals surface area contributed by atoms with Crippen molar-refractivity contribution in [1.29, 1.82) is 0 Å². The molecule has 0 atom stereocenters. The highest BCUT2D eigenvalue weighted by atomic mass is 16.5. The van der Waals surface area contributed by atoms with E-state index in [0.717, 1.165) is 0 Å². The van der Waals surface area contributed by atoms with Crippen molar-refractivity contribution < 1.29 is 14.3 Å². The van der Waals surface area contributed by atoms with Gasteiger partial charge in [0.1, 0.15) is 5.56 Å². The lowest BCUT2D eigenvalue weighted by Crippen LogP contribution is -2.30. The normalized spacial score (nSPS) is 9.71. The zero-order chi connectivity index (χ0) is 12.7. The second-order valence-corrected chi connectivity index (χ2v) is 3.35. The molecular formula is C11H14N2O4. The van der Waals surface area contributed by atoms with Gasteiger partial charge in [0.25, 0.3) is 11.5 Å². The van der Waals surface area contributed by atoms with Gasteiger partial charge in [-0.3, -0.25) is 14.4 Å². The lowest BCUT2D eigenvalue weighted by Gasteiger charge is -2.03. The zero-order valence-electron chi connectivity index (χ0n) is 9.49. The first-order chi connectivity index (χ1) is 8.15. The van der Waals surface area contributed by atoms with Gasteiger partial charge in [-0.2, -0.15) is 0 Å². The monoisotopic (exact) mass is 238 g/mol. The summed E-state index contributed by atoms with van der Waals surface area (Å²) < 4.78 is 4.45. The van der Waals surface area contributed by atoms with E-state index in [0.29, 0.717) is 13.0 Å². The maximum absolute atomic E-state index is 11.5. The largest absolute Gasteiger partial charge is 0.469 e. The Morgan fingerprint density at radius 3 is 2.88 bits per heavy atom. The van der Waals surface area contributed by atoms with Gasteiger partial charge in [-0.1, -0.05) is 0 Å². The quantitative estimate of drug-likeness (QED) is 0.560. The lowest BCUT2D eigenvalue weighted by atomic mass is 10.2. The number of amides is 1. The van der Waals surface area contributed by atoms with E-state index >= 15 is 0 Å². The molecule has 0 aromatic carbocycles. The molecule has 0 aliphatic heterocycles. The van der Waals surface area contributed by atoms with Crippen LogP contribution in [0.2, 0.25) is 0 Å². The van der Waals surface area contributed by atoms with Gasteiger partial charge in [0, 0.05) is 19.2 Å². The number of aromatic amines is 1. The molecule has 0 saturated carbocycles. The molecule has 1 heterocycles. The molecule has 0 fully saturated rings. The average Bonchev–Trinajstić information content (AvgIpc) is 2.34. The predicted octanol–water partition coefficient (Wildman–Crippen LogP) is 0.0579. The molecule has 0 unspecified atom stereocenters. The summed E-state index contributed by atoms with van der Waals surface area (Å²) in [6.45, 7) is 0.322. The number of nitrogens with one attached hydrogen (secondary N) is 2. The SMILES string of the molecule is COC(=O)CCCNC(=O)c1ccc[nH]c1=O. The molecule has 0 aliphatic rings. The molecule has 1 aromatic heterocycles. The van der Waals surface area contributed by atoms with Crippen LogP contribution in [0.3, 0.4) is 0 Å². The standard InChI is InChI=1S/C11H14N2O4/c1-17-9(14)5-3-7-13-11(16)8-4-2-6-12-10(8)15/h2,4,6H,3,5,7H2,1H3,(H,12,15)(H,13,16). The highest BCUT2D eigenvalue weighted by Crippen LogP contribution is 1.92. The van der Waals surface area contributed by atoms with E-state index in [4.69, 9.17) is 0 Å². The Balaban J connectivity index is 2.38. The Morgan fingerprint density at radius 1 is 1.47 bits per heavy atom. The summed E-state index contributed by atoms with van der Waals surface area (Å²) in [6.07, 6.45) is 2.17. The van der Waals surface area contributed by atoms with E-state index in [1.54, 1.807) is 6.07 Å². The minimum Gasteiger partial charge on any atom is -0.469 e. The number of aromatic nitrogens is 1. The Morgan fingerprint density at radius 2 is 2.24 bits per heavy atom. The van der Waals surface area contributed by atoms with Crippen molar-refractivity contribution >= 4 is 11.9 Å². The molecular weight excluding hydrogens is 224 g/mol. The summed E-state index contributed by atoms with van der Waals surface area (Å²) in [6, 6.07) is 3.01. The summed E-state index contributed by atoms with van der Waals surface area (Å²) in [7, 11) is 1.31. The first-order valence-corrected chi connectivity index (χ1v) is 5.18. The van der Waals surface area contributed by atoms with E-state index in [1.165, 1.54) is 19.4 Å². The molecule has 0 saturated heterocycles. The first-order valence-electron chi connectivity index (χ1n) is 5.18. The van der Waals surface area contributed by atoms with Crippen LogP contribution in [0.1, 0.15) is 23.2 Å². The number of esters is 1. The predicted molar refractivity (Wildman–Crippen MR) is 60.6 cm³/mol. The van der Waals surface area contributed by atoms with Crippen LogP contribution in [0.25, 0.3) is 0 Å². The van der Waals surface area contributed by atoms with Gasteiger partial charge in [-0.25, -0.2) is 0 Å². The van der Waals surface area contributed by atoms with Crippen LogP contribution in [-0.4, -0.2) is 30.5 Å². The molecule has 6 nitrogen and oxygen atoms in total. The van der Waals surface area contributed by atoms with E-state index in [1.807, 2.05) is 0 Å². The van der Waals surface area contributed by atoms with Crippen molar-refractivity contribution in [1.82, 2.24) is 10.3 Å². The second-order valence-electron chi connectivity index (χ2n) is 3.35. The van der Waals surface area contributed by atoms with E-state index < -0.39 is 11.5 Å². The fourth-order valence-electron chi connectivity index (χ4n) is 1.23. The van der Waals surface area contributed by atoms with Crippen LogP contribution in [0.15, 0.2) is 23.1 Å². The fraction of sp³-hybridized carbons (Fsp3) is 0.364. The fourth-order valence-corrected chi connectivity index (χ4v) is 1.23. The molecule has 1 aromatic rings. The molecule has 1 amide bonds. The molecule has 6 heteroatoms. The number of pyridine rings is 1. The van der Waals surface area contributed by atoms with Crippen molar-refractivity contribution in [3.05, 3.63) is 34.2 Å². The number of carbonyl (C=O) groups excluding carboxylic acids is 2. The van der Waals surface area contributed by atoms with E-state index in [-0.39, 0.29) is 18.0 Å². The highest BCUT2D eigenvalue weighted by molar-refractivity contribution is 5.93. The third kappa shape index (κ3) is 4.10. The summed E-state index contributed by atoms with van der Waals surface area (Å²) in [5, 5.41) is 2.55. The molecule has 2 N–H and O–H groups in total. The maximum Gasteiger partial charge on any atom is 0.305 e. The minimum atomic E-state index is -0.447. The molecule has 0 radical (unpaired) electrons. The number of hydrogen-bond donors (Lipinski definition) is 2. The average molecular weight is 238 g/mol. The smallest absolute Gasteiger partial charge is 0.305 e. The van der Waals surface area contributed by atoms with Crippen LogP contribution in [-0.2, 0) is 9.53 Å². The molecule has 17 heavy (non-hydrogen) atoms. The Kier molecular flexibility index (Phi) is 4.93. The molecule has 1 rings (SSSR count). The third-order valence-corrected chi connectivity index (χ3v) is 2.13. The highest BCUT2D eigenvalue weighted by Gasteiger charge is 2.08. The first kappa shape index (κ1) is 13.0. The van der Waals surface area contributed by atoms with Crippen LogP contribution < -0.4 is 10.9 Å². The van der Waals surface area contributed by atoms with Crippen LogP contribution in [0.5, 0.6) is 0 Å². The summed E-state index contributed by atoms with van der Waals surface area (Å²) in [4.78, 5) is 36.0. The van der Waals surface area contributed by atoms with Crippen LogP contribution in [0.4, 0.5) is 0 Å². The molecule has 0 bridgehead atoms. The van der Waals surface area contributed by atoms with Gasteiger partial charge in [0.15, 0.2) is 0 Å². The lowest BCUT2D eigenvalue weighted by molar-refractivity contribution is -0.140. The maximum atomic E-state index is 11.5. The van der Waals surface area contributed by atoms with E-state index in [2.05, 4.69) is 15.0 Å². The van der Waals surface area contributed by atoms with Crippen LogP contribution >= 0.6 is 0 Å². The minimum absolute atomic E-state index is 0.0607. The number of methoxy groups -OCH3 is 1. The number of ether oxygens (including phenoxy) is 1. The van der Waals surface area contributed by atoms with E-state index in [9.17, 15) is 14.4 Å². The van der Waals surface area contributed by atoms with Crippen molar-refractivity contribution in [3.63, 3.8) is 0 Å². The molecule has 0 spiro atoms. The van der Waals surface area contributed by atoms with Gasteiger partial charge >= 0.3 is 5.97 Å². The van der Waals surface area contributed by atoms with Crippen molar-refractivity contribution in [3.8, 4) is 0 Å². The van der Waals surface area contributed by atoms with Gasteiger partial charge in [0.05, 0.1) is 7.11 Å². The third-order valence-electron chi connectivity index (χ3n) is 2.13. The molecule has 0 aliphatic carbocycles. The number of H-pyrrole nitrogens is 1. The van der Waals surface area contributed by atoms with Crippen molar-refractivity contribution in [2.75, 3.05) is 13.7 Å². The Hall–Kier alpha value is -2.11. The van der Waals surface area contributed by atoms with Gasteiger partial charge < -0.3 is 15.0 Å². The van der Waals surface area contributed by atoms with Crippen molar-refractivity contribution in [2.45, 2.75) is 12.8 Å². The Labute approximate surface area is 98.0 Å². The van der Waals surface area contributed by atoms with Gasteiger partial charge in [-0.05, 0) is 18.6 Å². The van der Waals surface area contributed by atoms with Gasteiger partial charge in [-0.15, -0.1) is 0 Å². The summed E-state index contributed by atoms with van der Waals surface area (Å²) in [5.74, 6) is -0.770. The summed E-state index contributed by atoms with van der Waals surface area (Å²) in [5.41, 5.74) is -0.372. The van der Waals surface area contributed by atoms with Crippen molar-refractivity contribution in [2.24, 2.45) is 0 Å². The molecule has 92 valence electrons. The Bertz CT molecular complexity index is 453.